The van der Waals surface area contributed by atoms with Crippen molar-refractivity contribution in [2.75, 3.05) is 0 Å². The Hall–Kier alpha value is -1.99. The van der Waals surface area contributed by atoms with E-state index < -0.39 is 33.5 Å². The van der Waals surface area contributed by atoms with E-state index in [1.165, 1.54) is 31.2 Å². The molecular weight excluding hydrogens is 318 g/mol. The number of sulfonamides is 1. The van der Waals surface area contributed by atoms with E-state index in [-0.39, 0.29) is 17.1 Å². The van der Waals surface area contributed by atoms with Gasteiger partial charge in [-0.2, -0.15) is 0 Å². The Morgan fingerprint density at radius 2 is 1.91 bits per heavy atom. The molecule has 0 spiro atoms. The molecule has 1 saturated heterocycles. The van der Waals surface area contributed by atoms with E-state index in [4.69, 9.17) is 0 Å². The molecule has 0 unspecified atom stereocenters. The first-order chi connectivity index (χ1) is 10.7. The third kappa shape index (κ3) is 2.22. The van der Waals surface area contributed by atoms with Crippen LogP contribution < -0.4 is 0 Å². The molecule has 0 aromatic heterocycles. The Bertz CT molecular complexity index is 811. The van der Waals surface area contributed by atoms with Gasteiger partial charge in [-0.05, 0) is 38.5 Å². The number of aliphatic hydroxyl groups is 1. The van der Waals surface area contributed by atoms with Crippen molar-refractivity contribution in [3.63, 3.8) is 0 Å². The van der Waals surface area contributed by atoms with Gasteiger partial charge in [-0.3, -0.25) is 9.59 Å². The maximum atomic E-state index is 12.8. The summed E-state index contributed by atoms with van der Waals surface area (Å²) >= 11 is 0. The van der Waals surface area contributed by atoms with Gasteiger partial charge in [0, 0.05) is 0 Å². The predicted octanol–water partition coefficient (Wildman–Crippen LogP) is 0.791. The SMILES string of the molecule is CC(=O)[C@H]1C[C@H]2C=C[C@]1(O)C(=O)N2S(=O)(=O)c1ccc(C)cc1. The van der Waals surface area contributed by atoms with E-state index in [0.717, 1.165) is 5.56 Å². The van der Waals surface area contributed by atoms with Crippen LogP contribution >= 0.6 is 0 Å². The van der Waals surface area contributed by atoms with Gasteiger partial charge in [0.15, 0.2) is 5.60 Å². The Morgan fingerprint density at radius 3 is 2.48 bits per heavy atom. The summed E-state index contributed by atoms with van der Waals surface area (Å²) in [6, 6.07) is 5.38. The molecule has 6 nitrogen and oxygen atoms in total. The number of fused-ring (bicyclic) bond motifs is 2. The van der Waals surface area contributed by atoms with Gasteiger partial charge in [-0.1, -0.05) is 23.8 Å². The van der Waals surface area contributed by atoms with E-state index in [2.05, 4.69) is 0 Å². The van der Waals surface area contributed by atoms with Gasteiger partial charge in [0.1, 0.15) is 5.78 Å². The minimum Gasteiger partial charge on any atom is -0.375 e. The van der Waals surface area contributed by atoms with Gasteiger partial charge in [-0.25, -0.2) is 12.7 Å². The molecule has 2 heterocycles. The maximum absolute atomic E-state index is 12.8. The van der Waals surface area contributed by atoms with Crippen molar-refractivity contribution in [3.8, 4) is 0 Å². The van der Waals surface area contributed by atoms with Crippen LogP contribution in [0.2, 0.25) is 0 Å². The summed E-state index contributed by atoms with van der Waals surface area (Å²) in [6.07, 6.45) is 2.82. The van der Waals surface area contributed by atoms with E-state index in [9.17, 15) is 23.1 Å². The fraction of sp³-hybridized carbons (Fsp3) is 0.375. The zero-order valence-electron chi connectivity index (χ0n) is 12.8. The molecule has 122 valence electrons. The predicted molar refractivity (Wildman–Crippen MR) is 81.9 cm³/mol. The van der Waals surface area contributed by atoms with Crippen molar-refractivity contribution in [2.45, 2.75) is 36.8 Å². The minimum atomic E-state index is -4.08. The first-order valence-corrected chi connectivity index (χ1v) is 8.69. The van der Waals surface area contributed by atoms with Crippen molar-refractivity contribution in [1.29, 1.82) is 0 Å². The van der Waals surface area contributed by atoms with Crippen LogP contribution in [0.25, 0.3) is 0 Å². The average Bonchev–Trinajstić information content (AvgIpc) is 2.48. The van der Waals surface area contributed by atoms with Crippen LogP contribution in [0.3, 0.4) is 0 Å². The van der Waals surface area contributed by atoms with E-state index >= 15 is 0 Å². The number of rotatable bonds is 3. The van der Waals surface area contributed by atoms with Crippen LogP contribution in [0, 0.1) is 12.8 Å². The summed E-state index contributed by atoms with van der Waals surface area (Å²) in [6.45, 7) is 3.12. The van der Waals surface area contributed by atoms with Crippen LogP contribution in [0.5, 0.6) is 0 Å². The summed E-state index contributed by atoms with van der Waals surface area (Å²) in [5, 5.41) is 10.6. The van der Waals surface area contributed by atoms with Gasteiger partial charge >= 0.3 is 0 Å². The van der Waals surface area contributed by atoms with Crippen molar-refractivity contribution in [3.05, 3.63) is 42.0 Å². The van der Waals surface area contributed by atoms with Gasteiger partial charge in [0.05, 0.1) is 16.9 Å². The molecular formula is C16H17NO5S. The second-order valence-electron chi connectivity index (χ2n) is 6.07. The van der Waals surface area contributed by atoms with Crippen molar-refractivity contribution < 1.29 is 23.1 Å². The molecule has 4 rings (SSSR count). The second-order valence-corrected chi connectivity index (χ2v) is 7.88. The maximum Gasteiger partial charge on any atom is 0.273 e. The average molecular weight is 335 g/mol. The molecule has 7 heteroatoms. The molecule has 1 fully saturated rings. The van der Waals surface area contributed by atoms with E-state index in [1.54, 1.807) is 12.1 Å². The number of benzene rings is 1. The van der Waals surface area contributed by atoms with Crippen LogP contribution in [0.15, 0.2) is 41.3 Å². The molecule has 1 N–H and O–H groups in total. The lowest BCUT2D eigenvalue weighted by Gasteiger charge is -2.47. The van der Waals surface area contributed by atoms with Crippen LogP contribution in [0.4, 0.5) is 0 Å². The first kappa shape index (κ1) is 15.9. The molecule has 1 aliphatic carbocycles. The van der Waals surface area contributed by atoms with E-state index in [0.29, 0.717) is 4.31 Å². The number of ketones is 1. The van der Waals surface area contributed by atoms with Gasteiger partial charge in [-0.15, -0.1) is 0 Å². The summed E-state index contributed by atoms with van der Waals surface area (Å²) in [5.74, 6) is -2.20. The van der Waals surface area contributed by atoms with Gasteiger partial charge < -0.3 is 5.11 Å². The number of carbonyl (C=O) groups excluding carboxylic acids is 2. The fourth-order valence-electron chi connectivity index (χ4n) is 3.18. The van der Waals surface area contributed by atoms with Crippen LogP contribution in [-0.4, -0.2) is 41.2 Å². The van der Waals surface area contributed by atoms with E-state index in [1.807, 2.05) is 6.92 Å². The number of aryl methyl sites for hydroxylation is 1. The minimum absolute atomic E-state index is 0.0135. The highest BCUT2D eigenvalue weighted by Crippen LogP contribution is 2.41. The van der Waals surface area contributed by atoms with Crippen molar-refractivity contribution >= 4 is 21.7 Å². The lowest BCUT2D eigenvalue weighted by Crippen LogP contribution is -2.66. The standard InChI is InChI=1S/C16H17NO5S/c1-10-3-5-13(6-4-10)23(21,22)17-12-7-8-16(20,15(17)19)14(9-12)11(2)18/h3-8,12,14,20H,9H2,1-2H3/t12-,14-,16-/m1/s1. The monoisotopic (exact) mass is 335 g/mol. The van der Waals surface area contributed by atoms with Crippen LogP contribution in [0.1, 0.15) is 18.9 Å². The smallest absolute Gasteiger partial charge is 0.273 e. The number of hydrogen-bond acceptors (Lipinski definition) is 5. The summed E-state index contributed by atoms with van der Waals surface area (Å²) < 4.78 is 26.3. The molecule has 3 aliphatic rings. The molecule has 2 bridgehead atoms. The first-order valence-electron chi connectivity index (χ1n) is 7.25. The van der Waals surface area contributed by atoms with Gasteiger partial charge in [0.25, 0.3) is 15.9 Å². The Morgan fingerprint density at radius 1 is 1.30 bits per heavy atom. The Labute approximate surface area is 134 Å². The lowest BCUT2D eigenvalue weighted by molar-refractivity contribution is -0.160. The number of hydrogen-bond donors (Lipinski definition) is 1. The topological polar surface area (TPSA) is 91.8 Å². The third-order valence-corrected chi connectivity index (χ3v) is 6.32. The normalized spacial score (nSPS) is 29.9. The molecule has 23 heavy (non-hydrogen) atoms. The number of Topliss-reactive ketones (excluding diaryl/α,β-unsaturated/α-hetero) is 1. The number of nitrogens with zero attached hydrogens (tertiary/aromatic N) is 1. The summed E-state index contributed by atoms with van der Waals surface area (Å²) in [7, 11) is -4.08. The van der Waals surface area contributed by atoms with Crippen molar-refractivity contribution in [2.24, 2.45) is 5.92 Å². The quantitative estimate of drug-likeness (QED) is 0.825. The van der Waals surface area contributed by atoms with Crippen molar-refractivity contribution in [1.82, 2.24) is 4.31 Å². The molecule has 1 amide bonds. The largest absolute Gasteiger partial charge is 0.375 e. The van der Waals surface area contributed by atoms with Crippen LogP contribution in [-0.2, 0) is 19.6 Å². The fourth-order valence-corrected chi connectivity index (χ4v) is 4.77. The molecule has 3 atom stereocenters. The number of piperidine rings is 1. The summed E-state index contributed by atoms with van der Waals surface area (Å²) in [5.41, 5.74) is -1.19. The molecule has 0 radical (unpaired) electrons. The molecule has 2 aliphatic heterocycles. The molecule has 1 aromatic rings. The van der Waals surface area contributed by atoms with Gasteiger partial charge in [0.2, 0.25) is 0 Å². The Balaban J connectivity index is 2.06. The number of amides is 1. The third-order valence-electron chi connectivity index (χ3n) is 4.49. The highest BCUT2D eigenvalue weighted by Gasteiger charge is 2.58. The lowest BCUT2D eigenvalue weighted by atomic mass is 9.72. The number of carbonyl (C=O) groups is 2. The zero-order chi connectivity index (χ0) is 17.0. The second kappa shape index (κ2) is 5.01. The summed E-state index contributed by atoms with van der Waals surface area (Å²) in [4.78, 5) is 24.3. The molecule has 1 aromatic carbocycles. The molecule has 0 saturated carbocycles. The zero-order valence-corrected chi connectivity index (χ0v) is 13.6. The highest BCUT2D eigenvalue weighted by molar-refractivity contribution is 7.89. The Kier molecular flexibility index (Phi) is 3.46. The highest BCUT2D eigenvalue weighted by atomic mass is 32.2.